The summed E-state index contributed by atoms with van der Waals surface area (Å²) in [5, 5.41) is 0. The van der Waals surface area contributed by atoms with Gasteiger partial charge in [-0.25, -0.2) is 4.39 Å². The third-order valence-electron chi connectivity index (χ3n) is 5.08. The summed E-state index contributed by atoms with van der Waals surface area (Å²) >= 11 is 0. The standard InChI is InChI=1S/C21H23FN2O2/c1-4-20(25)24-12-11-15-13-16(9-10-19(15)24)21(26)23(3)14(2)17-7-5-6-8-18(17)22/h5-10,13-14H,4,11-12H2,1-3H3. The molecule has 26 heavy (non-hydrogen) atoms. The molecule has 0 fully saturated rings. The molecule has 3 rings (SSSR count). The highest BCUT2D eigenvalue weighted by Gasteiger charge is 2.26. The Morgan fingerprint density at radius 3 is 2.65 bits per heavy atom. The molecular weight excluding hydrogens is 331 g/mol. The summed E-state index contributed by atoms with van der Waals surface area (Å²) in [5.41, 5.74) is 2.94. The molecule has 2 aromatic rings. The fraction of sp³-hybridized carbons (Fsp3) is 0.333. The first-order valence-electron chi connectivity index (χ1n) is 8.89. The molecule has 0 bridgehead atoms. The van der Waals surface area contributed by atoms with Crippen LogP contribution in [0.25, 0.3) is 0 Å². The average Bonchev–Trinajstić information content (AvgIpc) is 3.09. The number of fused-ring (bicyclic) bond motifs is 1. The van der Waals surface area contributed by atoms with Crippen LogP contribution in [0, 0.1) is 5.82 Å². The summed E-state index contributed by atoms with van der Waals surface area (Å²) in [6.07, 6.45) is 1.21. The van der Waals surface area contributed by atoms with Crippen LogP contribution in [-0.4, -0.2) is 30.3 Å². The van der Waals surface area contributed by atoms with Crippen LogP contribution >= 0.6 is 0 Å². The third kappa shape index (κ3) is 3.21. The van der Waals surface area contributed by atoms with Crippen molar-refractivity contribution in [2.45, 2.75) is 32.7 Å². The summed E-state index contributed by atoms with van der Waals surface area (Å²) in [4.78, 5) is 28.2. The number of anilines is 1. The maximum absolute atomic E-state index is 14.0. The Bertz CT molecular complexity index is 850. The van der Waals surface area contributed by atoms with E-state index in [1.165, 1.54) is 6.07 Å². The minimum atomic E-state index is -0.380. The normalized spacial score (nSPS) is 14.1. The summed E-state index contributed by atoms with van der Waals surface area (Å²) in [7, 11) is 1.68. The van der Waals surface area contributed by atoms with Gasteiger partial charge in [0.2, 0.25) is 5.91 Å². The van der Waals surface area contributed by atoms with Gasteiger partial charge < -0.3 is 9.80 Å². The van der Waals surface area contributed by atoms with E-state index in [1.54, 1.807) is 41.1 Å². The first-order valence-corrected chi connectivity index (χ1v) is 8.89. The van der Waals surface area contributed by atoms with Crippen molar-refractivity contribution >= 4 is 17.5 Å². The maximum Gasteiger partial charge on any atom is 0.254 e. The van der Waals surface area contributed by atoms with Gasteiger partial charge in [0.25, 0.3) is 5.91 Å². The number of hydrogen-bond donors (Lipinski definition) is 0. The van der Waals surface area contributed by atoms with Gasteiger partial charge in [0.05, 0.1) is 6.04 Å². The molecule has 1 unspecified atom stereocenters. The van der Waals surface area contributed by atoms with Crippen molar-refractivity contribution in [3.8, 4) is 0 Å². The number of halogens is 1. The second kappa shape index (κ2) is 7.28. The Morgan fingerprint density at radius 1 is 1.23 bits per heavy atom. The molecule has 1 heterocycles. The van der Waals surface area contributed by atoms with E-state index in [0.717, 1.165) is 17.7 Å². The van der Waals surface area contributed by atoms with Gasteiger partial charge in [-0.2, -0.15) is 0 Å². The lowest BCUT2D eigenvalue weighted by atomic mass is 10.0. The minimum Gasteiger partial charge on any atom is -0.335 e. The van der Waals surface area contributed by atoms with E-state index in [2.05, 4.69) is 0 Å². The molecule has 5 heteroatoms. The van der Waals surface area contributed by atoms with Crippen molar-refractivity contribution in [2.75, 3.05) is 18.5 Å². The van der Waals surface area contributed by atoms with Crippen LogP contribution < -0.4 is 4.90 Å². The van der Waals surface area contributed by atoms with Crippen LogP contribution in [0.1, 0.15) is 47.8 Å². The highest BCUT2D eigenvalue weighted by atomic mass is 19.1. The highest BCUT2D eigenvalue weighted by Crippen LogP contribution is 2.30. The van der Waals surface area contributed by atoms with Crippen LogP contribution in [0.15, 0.2) is 42.5 Å². The zero-order chi connectivity index (χ0) is 18.8. The number of carbonyl (C=O) groups is 2. The van der Waals surface area contributed by atoms with Crippen LogP contribution in [0.3, 0.4) is 0 Å². The van der Waals surface area contributed by atoms with Crippen molar-refractivity contribution in [3.05, 3.63) is 65.0 Å². The van der Waals surface area contributed by atoms with E-state index in [9.17, 15) is 14.0 Å². The van der Waals surface area contributed by atoms with Gasteiger partial charge in [-0.05, 0) is 43.2 Å². The van der Waals surface area contributed by atoms with Crippen LogP contribution in [0.5, 0.6) is 0 Å². The molecule has 2 amide bonds. The minimum absolute atomic E-state index is 0.0909. The van der Waals surface area contributed by atoms with Crippen molar-refractivity contribution in [2.24, 2.45) is 0 Å². The lowest BCUT2D eigenvalue weighted by molar-refractivity contribution is -0.118. The number of carbonyl (C=O) groups excluding carboxylic acids is 2. The number of hydrogen-bond acceptors (Lipinski definition) is 2. The fourth-order valence-electron chi connectivity index (χ4n) is 3.39. The molecule has 0 saturated carbocycles. The summed E-state index contributed by atoms with van der Waals surface area (Å²) in [6.45, 7) is 4.31. The van der Waals surface area contributed by atoms with Gasteiger partial charge in [0, 0.05) is 36.8 Å². The molecule has 0 saturated heterocycles. The van der Waals surface area contributed by atoms with E-state index in [0.29, 0.717) is 24.1 Å². The zero-order valence-corrected chi connectivity index (χ0v) is 15.3. The molecule has 1 aliphatic rings. The molecular formula is C21H23FN2O2. The van der Waals surface area contributed by atoms with Gasteiger partial charge in [0.15, 0.2) is 0 Å². The first kappa shape index (κ1) is 18.1. The van der Waals surface area contributed by atoms with E-state index in [1.807, 2.05) is 26.0 Å². The summed E-state index contributed by atoms with van der Waals surface area (Å²) in [6, 6.07) is 11.6. The molecule has 0 radical (unpaired) electrons. The molecule has 0 N–H and O–H groups in total. The predicted molar refractivity (Wildman–Crippen MR) is 99.7 cm³/mol. The molecule has 0 aromatic heterocycles. The van der Waals surface area contributed by atoms with Gasteiger partial charge in [-0.3, -0.25) is 9.59 Å². The van der Waals surface area contributed by atoms with Crippen LogP contribution in [-0.2, 0) is 11.2 Å². The second-order valence-corrected chi connectivity index (χ2v) is 6.61. The highest BCUT2D eigenvalue weighted by molar-refractivity contribution is 5.98. The Balaban J connectivity index is 1.83. The Labute approximate surface area is 153 Å². The Morgan fingerprint density at radius 2 is 1.96 bits per heavy atom. The zero-order valence-electron chi connectivity index (χ0n) is 15.3. The number of benzene rings is 2. The van der Waals surface area contributed by atoms with E-state index in [-0.39, 0.29) is 23.7 Å². The topological polar surface area (TPSA) is 40.6 Å². The van der Waals surface area contributed by atoms with Gasteiger partial charge in [-0.1, -0.05) is 25.1 Å². The summed E-state index contributed by atoms with van der Waals surface area (Å²) < 4.78 is 14.0. The van der Waals surface area contributed by atoms with Crippen molar-refractivity contribution in [1.29, 1.82) is 0 Å². The predicted octanol–water partition coefficient (Wildman–Crippen LogP) is 3.96. The molecule has 136 valence electrons. The molecule has 0 aliphatic carbocycles. The Kier molecular flexibility index (Phi) is 5.07. The fourth-order valence-corrected chi connectivity index (χ4v) is 3.39. The van der Waals surface area contributed by atoms with Crippen molar-refractivity contribution in [1.82, 2.24) is 4.90 Å². The quantitative estimate of drug-likeness (QED) is 0.834. The third-order valence-corrected chi connectivity index (χ3v) is 5.08. The molecule has 4 nitrogen and oxygen atoms in total. The van der Waals surface area contributed by atoms with E-state index in [4.69, 9.17) is 0 Å². The molecule has 1 atom stereocenters. The van der Waals surface area contributed by atoms with E-state index >= 15 is 0 Å². The lowest BCUT2D eigenvalue weighted by Gasteiger charge is -2.26. The molecule has 1 aliphatic heterocycles. The second-order valence-electron chi connectivity index (χ2n) is 6.61. The first-order chi connectivity index (χ1) is 12.4. The van der Waals surface area contributed by atoms with Crippen molar-refractivity contribution in [3.63, 3.8) is 0 Å². The number of nitrogens with zero attached hydrogens (tertiary/aromatic N) is 2. The van der Waals surface area contributed by atoms with Gasteiger partial charge in [0.1, 0.15) is 5.82 Å². The summed E-state index contributed by atoms with van der Waals surface area (Å²) in [5.74, 6) is -0.390. The molecule has 2 aromatic carbocycles. The number of amides is 2. The maximum atomic E-state index is 14.0. The van der Waals surface area contributed by atoms with Gasteiger partial charge in [-0.15, -0.1) is 0 Å². The number of rotatable bonds is 4. The smallest absolute Gasteiger partial charge is 0.254 e. The Hall–Kier alpha value is -2.69. The van der Waals surface area contributed by atoms with E-state index < -0.39 is 0 Å². The monoisotopic (exact) mass is 354 g/mol. The lowest BCUT2D eigenvalue weighted by Crippen LogP contribution is -2.30. The van der Waals surface area contributed by atoms with Crippen LogP contribution in [0.2, 0.25) is 0 Å². The van der Waals surface area contributed by atoms with Crippen molar-refractivity contribution < 1.29 is 14.0 Å². The van der Waals surface area contributed by atoms with Crippen LogP contribution in [0.4, 0.5) is 10.1 Å². The van der Waals surface area contributed by atoms with Gasteiger partial charge >= 0.3 is 0 Å². The SMILES string of the molecule is CCC(=O)N1CCc2cc(C(=O)N(C)C(C)c3ccccc3F)ccc21. The molecule has 0 spiro atoms. The largest absolute Gasteiger partial charge is 0.335 e. The average molecular weight is 354 g/mol.